The fourth-order valence-corrected chi connectivity index (χ4v) is 2.01. The van der Waals surface area contributed by atoms with Crippen molar-refractivity contribution < 1.29 is 14.4 Å². The summed E-state index contributed by atoms with van der Waals surface area (Å²) in [5.74, 6) is 0.189. The van der Waals surface area contributed by atoms with Gasteiger partial charge in [-0.3, -0.25) is 4.79 Å². The first kappa shape index (κ1) is 14.2. The van der Waals surface area contributed by atoms with Crippen LogP contribution in [0.1, 0.15) is 31.7 Å². The summed E-state index contributed by atoms with van der Waals surface area (Å²) in [7, 11) is 0. The third-order valence-corrected chi connectivity index (χ3v) is 3.13. The van der Waals surface area contributed by atoms with E-state index in [1.807, 2.05) is 31.2 Å². The molecular weight excluding hydrogens is 256 g/mol. The van der Waals surface area contributed by atoms with Crippen LogP contribution in [0, 0.1) is 5.92 Å². The minimum absolute atomic E-state index is 0.0248. The Morgan fingerprint density at radius 3 is 2.65 bits per heavy atom. The van der Waals surface area contributed by atoms with Crippen molar-refractivity contribution in [3.63, 3.8) is 0 Å². The van der Waals surface area contributed by atoms with Gasteiger partial charge in [0.15, 0.2) is 0 Å². The molecule has 0 saturated carbocycles. The fraction of sp³-hybridized carbons (Fsp3) is 0.400. The summed E-state index contributed by atoms with van der Waals surface area (Å²) in [6.07, 6.45) is 1.57. The number of benzene rings is 1. The van der Waals surface area contributed by atoms with Crippen LogP contribution in [0.25, 0.3) is 11.4 Å². The lowest BCUT2D eigenvalue weighted by atomic mass is 10.0. The number of rotatable bonds is 6. The van der Waals surface area contributed by atoms with E-state index in [4.69, 9.17) is 9.63 Å². The predicted molar refractivity (Wildman–Crippen MR) is 74.2 cm³/mol. The Hall–Kier alpha value is -2.17. The van der Waals surface area contributed by atoms with Crippen LogP contribution in [0.4, 0.5) is 0 Å². The molecule has 0 radical (unpaired) electrons. The summed E-state index contributed by atoms with van der Waals surface area (Å²) >= 11 is 0. The van der Waals surface area contributed by atoms with Crippen molar-refractivity contribution >= 4 is 5.97 Å². The highest BCUT2D eigenvalue weighted by Gasteiger charge is 2.14. The van der Waals surface area contributed by atoms with Crippen molar-refractivity contribution in [2.45, 2.75) is 33.1 Å². The zero-order valence-electron chi connectivity index (χ0n) is 11.7. The molecule has 0 spiro atoms. The Labute approximate surface area is 117 Å². The topological polar surface area (TPSA) is 76.2 Å². The molecule has 0 saturated heterocycles. The van der Waals surface area contributed by atoms with Gasteiger partial charge >= 0.3 is 5.97 Å². The number of carboxylic acids is 1. The average Bonchev–Trinajstić information content (AvgIpc) is 2.86. The Bertz CT molecular complexity index is 575. The number of hydrogen-bond donors (Lipinski definition) is 1. The second-order valence-electron chi connectivity index (χ2n) is 4.97. The molecule has 0 amide bonds. The van der Waals surface area contributed by atoms with Gasteiger partial charge in [0.05, 0.1) is 0 Å². The van der Waals surface area contributed by atoms with Gasteiger partial charge in [-0.05, 0) is 17.9 Å². The SMILES string of the molecule is CCc1ccc(-c2noc(CC(C)CC(=O)O)n2)cc1. The van der Waals surface area contributed by atoms with Crippen LogP contribution in [0.2, 0.25) is 0 Å². The van der Waals surface area contributed by atoms with Crippen molar-refractivity contribution in [1.29, 1.82) is 0 Å². The van der Waals surface area contributed by atoms with E-state index in [-0.39, 0.29) is 12.3 Å². The van der Waals surface area contributed by atoms with E-state index >= 15 is 0 Å². The molecule has 5 nitrogen and oxygen atoms in total. The summed E-state index contributed by atoms with van der Waals surface area (Å²) in [5.41, 5.74) is 2.16. The molecule has 0 fully saturated rings. The third kappa shape index (κ3) is 3.66. The van der Waals surface area contributed by atoms with Gasteiger partial charge in [-0.2, -0.15) is 4.98 Å². The third-order valence-electron chi connectivity index (χ3n) is 3.13. The van der Waals surface area contributed by atoms with E-state index in [0.29, 0.717) is 18.1 Å². The highest BCUT2D eigenvalue weighted by molar-refractivity contribution is 5.67. The van der Waals surface area contributed by atoms with Crippen molar-refractivity contribution in [2.75, 3.05) is 0 Å². The lowest BCUT2D eigenvalue weighted by molar-refractivity contribution is -0.137. The van der Waals surface area contributed by atoms with E-state index < -0.39 is 5.97 Å². The van der Waals surface area contributed by atoms with Gasteiger partial charge < -0.3 is 9.63 Å². The summed E-state index contributed by atoms with van der Waals surface area (Å²) in [6, 6.07) is 8.01. The predicted octanol–water partition coefficient (Wildman–Crippen LogP) is 2.95. The van der Waals surface area contributed by atoms with Gasteiger partial charge in [0.1, 0.15) is 0 Å². The molecule has 2 aromatic rings. The zero-order chi connectivity index (χ0) is 14.5. The molecule has 1 unspecified atom stereocenters. The monoisotopic (exact) mass is 274 g/mol. The average molecular weight is 274 g/mol. The molecule has 2 rings (SSSR count). The maximum absolute atomic E-state index is 10.6. The van der Waals surface area contributed by atoms with Crippen LogP contribution in [0.15, 0.2) is 28.8 Å². The highest BCUT2D eigenvalue weighted by atomic mass is 16.5. The molecule has 1 heterocycles. The van der Waals surface area contributed by atoms with Gasteiger partial charge in [0.2, 0.25) is 11.7 Å². The van der Waals surface area contributed by atoms with E-state index in [1.165, 1.54) is 5.56 Å². The van der Waals surface area contributed by atoms with Crippen molar-refractivity contribution in [2.24, 2.45) is 5.92 Å². The summed E-state index contributed by atoms with van der Waals surface area (Å²) < 4.78 is 5.17. The Kier molecular flexibility index (Phi) is 4.50. The Morgan fingerprint density at radius 2 is 2.05 bits per heavy atom. The Morgan fingerprint density at radius 1 is 1.35 bits per heavy atom. The normalized spacial score (nSPS) is 12.3. The molecule has 1 atom stereocenters. The number of hydrogen-bond acceptors (Lipinski definition) is 4. The number of aliphatic carboxylic acids is 1. The number of carbonyl (C=O) groups is 1. The van der Waals surface area contributed by atoms with E-state index in [1.54, 1.807) is 0 Å². The van der Waals surface area contributed by atoms with Gasteiger partial charge in [-0.15, -0.1) is 0 Å². The molecule has 1 aromatic heterocycles. The maximum Gasteiger partial charge on any atom is 0.303 e. The van der Waals surface area contributed by atoms with Gasteiger partial charge in [0.25, 0.3) is 0 Å². The summed E-state index contributed by atoms with van der Waals surface area (Å²) in [6.45, 7) is 3.96. The van der Waals surface area contributed by atoms with Crippen molar-refractivity contribution in [3.05, 3.63) is 35.7 Å². The van der Waals surface area contributed by atoms with Crippen LogP contribution in [-0.2, 0) is 17.6 Å². The number of nitrogens with zero attached hydrogens (tertiary/aromatic N) is 2. The summed E-state index contributed by atoms with van der Waals surface area (Å²) in [5, 5.41) is 12.7. The molecule has 0 aliphatic carbocycles. The number of aromatic nitrogens is 2. The molecular formula is C15H18N2O3. The van der Waals surface area contributed by atoms with Crippen LogP contribution in [0.5, 0.6) is 0 Å². The first-order chi connectivity index (χ1) is 9.58. The molecule has 5 heteroatoms. The standard InChI is InChI=1S/C15H18N2O3/c1-3-11-4-6-12(7-5-11)15-16-13(20-17-15)8-10(2)9-14(18)19/h4-7,10H,3,8-9H2,1-2H3,(H,18,19). The Balaban J connectivity index is 2.06. The van der Waals surface area contributed by atoms with Crippen LogP contribution < -0.4 is 0 Å². The zero-order valence-corrected chi connectivity index (χ0v) is 11.7. The van der Waals surface area contributed by atoms with Gasteiger partial charge in [0, 0.05) is 18.4 Å². The van der Waals surface area contributed by atoms with E-state index in [0.717, 1.165) is 12.0 Å². The maximum atomic E-state index is 10.6. The number of carboxylic acid groups (broad SMARTS) is 1. The lowest BCUT2D eigenvalue weighted by Gasteiger charge is -2.03. The second-order valence-corrected chi connectivity index (χ2v) is 4.97. The first-order valence-corrected chi connectivity index (χ1v) is 6.72. The summed E-state index contributed by atoms with van der Waals surface area (Å²) in [4.78, 5) is 14.9. The largest absolute Gasteiger partial charge is 0.481 e. The highest BCUT2D eigenvalue weighted by Crippen LogP contribution is 2.18. The molecule has 1 aromatic carbocycles. The van der Waals surface area contributed by atoms with Crippen LogP contribution in [-0.4, -0.2) is 21.2 Å². The van der Waals surface area contributed by atoms with Crippen LogP contribution in [0.3, 0.4) is 0 Å². The van der Waals surface area contributed by atoms with Crippen molar-refractivity contribution in [1.82, 2.24) is 10.1 Å². The van der Waals surface area contributed by atoms with Gasteiger partial charge in [-0.1, -0.05) is 43.3 Å². The van der Waals surface area contributed by atoms with Crippen LogP contribution >= 0.6 is 0 Å². The minimum atomic E-state index is -0.813. The molecule has 0 aliphatic rings. The molecule has 0 aliphatic heterocycles. The smallest absolute Gasteiger partial charge is 0.303 e. The first-order valence-electron chi connectivity index (χ1n) is 6.72. The van der Waals surface area contributed by atoms with Crippen molar-refractivity contribution in [3.8, 4) is 11.4 Å². The number of aryl methyl sites for hydroxylation is 1. The molecule has 20 heavy (non-hydrogen) atoms. The van der Waals surface area contributed by atoms with Gasteiger partial charge in [-0.25, -0.2) is 0 Å². The van der Waals surface area contributed by atoms with E-state index in [9.17, 15) is 4.79 Å². The molecule has 1 N–H and O–H groups in total. The molecule has 0 bridgehead atoms. The molecule has 106 valence electrons. The lowest BCUT2D eigenvalue weighted by Crippen LogP contribution is -2.07. The fourth-order valence-electron chi connectivity index (χ4n) is 2.01. The second kappa shape index (κ2) is 6.32. The quantitative estimate of drug-likeness (QED) is 0.876. The van der Waals surface area contributed by atoms with E-state index in [2.05, 4.69) is 17.1 Å². The minimum Gasteiger partial charge on any atom is -0.481 e.